The van der Waals surface area contributed by atoms with Crippen LogP contribution >= 0.6 is 7.82 Å². The van der Waals surface area contributed by atoms with Gasteiger partial charge in [-0.2, -0.15) is 0 Å². The zero-order valence-corrected chi connectivity index (χ0v) is 38.2. The smallest absolute Gasteiger partial charge is 0.462 e. The van der Waals surface area contributed by atoms with Crippen molar-refractivity contribution < 1.29 is 63.1 Å². The lowest BCUT2D eigenvalue weighted by Gasteiger charge is -2.41. The van der Waals surface area contributed by atoms with Crippen LogP contribution in [0.25, 0.3) is 0 Å². The fourth-order valence-corrected chi connectivity index (χ4v) is 8.16. The maximum Gasteiger partial charge on any atom is 0.472 e. The first-order valence-corrected chi connectivity index (χ1v) is 25.1. The molecule has 1 fully saturated rings. The Morgan fingerprint density at radius 3 is 1.40 bits per heavy atom. The monoisotopic (exact) mass is 877 g/mol. The number of ether oxygens (including phenoxy) is 2. The zero-order chi connectivity index (χ0) is 44.3. The van der Waals surface area contributed by atoms with Crippen LogP contribution in [0.1, 0.15) is 200 Å². The van der Waals surface area contributed by atoms with E-state index in [4.69, 9.17) is 18.5 Å². The van der Waals surface area contributed by atoms with Crippen molar-refractivity contribution >= 4 is 19.8 Å². The van der Waals surface area contributed by atoms with Crippen LogP contribution < -0.4 is 0 Å². The van der Waals surface area contributed by atoms with E-state index in [1.165, 1.54) is 96.3 Å². The molecule has 8 atom stereocenters. The molecule has 0 spiro atoms. The number of rotatable bonds is 39. The summed E-state index contributed by atoms with van der Waals surface area (Å²) in [6, 6.07) is 0. The third-order valence-electron chi connectivity index (χ3n) is 11.0. The fraction of sp³-hybridized carbons (Fsp3) is 0.870. The van der Waals surface area contributed by atoms with Crippen molar-refractivity contribution in [3.05, 3.63) is 24.3 Å². The average molecular weight is 877 g/mol. The molecule has 0 aromatic rings. The topological polar surface area (TPSA) is 210 Å². The van der Waals surface area contributed by atoms with Crippen molar-refractivity contribution in [1.82, 2.24) is 0 Å². The zero-order valence-electron chi connectivity index (χ0n) is 37.3. The molecule has 0 aromatic carbocycles. The van der Waals surface area contributed by atoms with Crippen LogP contribution in [0, 0.1) is 0 Å². The van der Waals surface area contributed by atoms with Gasteiger partial charge in [-0.1, -0.05) is 173 Å². The Bertz CT molecular complexity index is 1150. The van der Waals surface area contributed by atoms with Crippen molar-refractivity contribution in [2.75, 3.05) is 13.2 Å². The molecule has 60 heavy (non-hydrogen) atoms. The third kappa shape index (κ3) is 28.8. The number of unbranched alkanes of at least 4 members (excludes halogenated alkanes) is 23. The van der Waals surface area contributed by atoms with Gasteiger partial charge in [0.1, 0.15) is 43.2 Å². The van der Waals surface area contributed by atoms with Gasteiger partial charge in [0.05, 0.1) is 6.61 Å². The number of allylic oxidation sites excluding steroid dienone is 4. The maximum atomic E-state index is 12.8. The highest BCUT2D eigenvalue weighted by molar-refractivity contribution is 7.47. The van der Waals surface area contributed by atoms with E-state index >= 15 is 0 Å². The fourth-order valence-electron chi connectivity index (χ4n) is 7.19. The Hall–Kier alpha value is -1.67. The highest BCUT2D eigenvalue weighted by Gasteiger charge is 2.51. The van der Waals surface area contributed by atoms with Gasteiger partial charge in [0.25, 0.3) is 0 Å². The summed E-state index contributed by atoms with van der Waals surface area (Å²) >= 11 is 0. The summed E-state index contributed by atoms with van der Waals surface area (Å²) in [5, 5.41) is 50.1. The molecule has 0 aromatic heterocycles. The van der Waals surface area contributed by atoms with Gasteiger partial charge in [0.15, 0.2) is 6.10 Å². The van der Waals surface area contributed by atoms with E-state index < -0.39 is 75.7 Å². The van der Waals surface area contributed by atoms with E-state index in [1.807, 2.05) is 0 Å². The Morgan fingerprint density at radius 2 is 0.917 bits per heavy atom. The predicted octanol–water partition coefficient (Wildman–Crippen LogP) is 9.23. The minimum absolute atomic E-state index is 0.0832. The van der Waals surface area contributed by atoms with E-state index in [1.54, 1.807) is 0 Å². The second-order valence-corrected chi connectivity index (χ2v) is 18.0. The van der Waals surface area contributed by atoms with Crippen LogP contribution in [0.15, 0.2) is 24.3 Å². The number of hydrogen-bond donors (Lipinski definition) is 6. The molecule has 0 radical (unpaired) electrons. The number of esters is 2. The first-order chi connectivity index (χ1) is 28.9. The summed E-state index contributed by atoms with van der Waals surface area (Å²) in [5.74, 6) is -1.11. The first kappa shape index (κ1) is 56.3. The van der Waals surface area contributed by atoms with Crippen molar-refractivity contribution in [1.29, 1.82) is 0 Å². The van der Waals surface area contributed by atoms with E-state index in [0.717, 1.165) is 64.2 Å². The molecule has 1 aliphatic rings. The normalized spacial score (nSPS) is 22.3. The van der Waals surface area contributed by atoms with Crippen LogP contribution in [0.2, 0.25) is 0 Å². The van der Waals surface area contributed by atoms with Crippen LogP contribution in [0.4, 0.5) is 0 Å². The molecule has 1 aliphatic carbocycles. The van der Waals surface area contributed by atoms with Crippen LogP contribution in [0.3, 0.4) is 0 Å². The van der Waals surface area contributed by atoms with E-state index in [9.17, 15) is 44.6 Å². The Kier molecular flexibility index (Phi) is 34.5. The van der Waals surface area contributed by atoms with Gasteiger partial charge < -0.3 is 39.9 Å². The van der Waals surface area contributed by atoms with Crippen molar-refractivity contribution in [2.45, 2.75) is 243 Å². The summed E-state index contributed by atoms with van der Waals surface area (Å²) in [4.78, 5) is 35.7. The van der Waals surface area contributed by atoms with E-state index in [2.05, 4.69) is 38.2 Å². The van der Waals surface area contributed by atoms with Crippen molar-refractivity contribution in [3.63, 3.8) is 0 Å². The summed E-state index contributed by atoms with van der Waals surface area (Å²) in [7, 11) is -5.12. The number of aliphatic hydroxyl groups is 5. The molecule has 1 saturated carbocycles. The number of aliphatic hydroxyl groups excluding tert-OH is 5. The second-order valence-electron chi connectivity index (χ2n) is 16.6. The van der Waals surface area contributed by atoms with Crippen LogP contribution in [-0.4, -0.2) is 98.3 Å². The van der Waals surface area contributed by atoms with Gasteiger partial charge in [-0.25, -0.2) is 4.57 Å². The molecule has 0 bridgehead atoms. The SMILES string of the molecule is CCCC/C=C/C/C=C/CCCCCCCC(=O)O[C@@H](COC(=O)CCCCCCCCCCCCCCCCCCC)COP(=O)(O)OC1C(O)C(O)C(O)[C@H](O)C1O. The highest BCUT2D eigenvalue weighted by Crippen LogP contribution is 2.47. The summed E-state index contributed by atoms with van der Waals surface area (Å²) in [6.07, 6.45) is 26.6. The quantitative estimate of drug-likeness (QED) is 0.0147. The van der Waals surface area contributed by atoms with E-state index in [-0.39, 0.29) is 12.8 Å². The Morgan fingerprint density at radius 1 is 0.517 bits per heavy atom. The molecule has 13 nitrogen and oxygen atoms in total. The standard InChI is InChI=1S/C46H85O13P/c1-3-5-7-9-11-13-15-17-19-20-21-23-24-26-28-30-32-34-39(47)56-36-38(37-57-60(54,55)59-46-44(52)42(50)41(49)43(51)45(46)53)58-40(48)35-33-31-29-27-25-22-18-16-14-12-10-8-6-4-2/h10,12,16,18,38,41-46,49-53H,3-9,11,13-15,17,19-37H2,1-2H3,(H,54,55)/b12-10+,18-16+/t38-,41?,42-,43?,44?,45?,46?/m0/s1. The molecular formula is C46H85O13P. The van der Waals surface area contributed by atoms with Crippen LogP contribution in [-0.2, 0) is 32.7 Å². The minimum atomic E-state index is -5.12. The van der Waals surface area contributed by atoms with Gasteiger partial charge in [-0.15, -0.1) is 0 Å². The highest BCUT2D eigenvalue weighted by atomic mass is 31.2. The Balaban J connectivity index is 2.44. The van der Waals surface area contributed by atoms with Crippen molar-refractivity contribution in [3.8, 4) is 0 Å². The first-order valence-electron chi connectivity index (χ1n) is 23.6. The average Bonchev–Trinajstić information content (AvgIpc) is 3.23. The molecule has 6 unspecified atom stereocenters. The third-order valence-corrected chi connectivity index (χ3v) is 12.0. The molecule has 0 amide bonds. The predicted molar refractivity (Wildman–Crippen MR) is 235 cm³/mol. The maximum absolute atomic E-state index is 12.8. The summed E-state index contributed by atoms with van der Waals surface area (Å²) < 4.78 is 33.5. The number of phosphoric acid groups is 1. The summed E-state index contributed by atoms with van der Waals surface area (Å²) in [6.45, 7) is 3.26. The van der Waals surface area contributed by atoms with Crippen molar-refractivity contribution in [2.24, 2.45) is 0 Å². The number of carbonyl (C=O) groups excluding carboxylic acids is 2. The number of hydrogen-bond acceptors (Lipinski definition) is 12. The lowest BCUT2D eigenvalue weighted by Crippen LogP contribution is -2.64. The minimum Gasteiger partial charge on any atom is -0.462 e. The lowest BCUT2D eigenvalue weighted by atomic mass is 9.85. The number of phosphoric ester groups is 1. The van der Waals surface area contributed by atoms with Gasteiger partial charge in [0, 0.05) is 12.8 Å². The lowest BCUT2D eigenvalue weighted by molar-refractivity contribution is -0.220. The molecule has 0 heterocycles. The molecule has 6 N–H and O–H groups in total. The largest absolute Gasteiger partial charge is 0.472 e. The molecule has 14 heteroatoms. The molecule has 0 saturated heterocycles. The Labute approximate surface area is 362 Å². The van der Waals surface area contributed by atoms with Gasteiger partial charge in [0.2, 0.25) is 0 Å². The summed E-state index contributed by atoms with van der Waals surface area (Å²) in [5.41, 5.74) is 0. The van der Waals surface area contributed by atoms with Crippen LogP contribution in [0.5, 0.6) is 0 Å². The van der Waals surface area contributed by atoms with Gasteiger partial charge in [-0.05, 0) is 38.5 Å². The van der Waals surface area contributed by atoms with E-state index in [0.29, 0.717) is 12.8 Å². The van der Waals surface area contributed by atoms with Gasteiger partial charge in [-0.3, -0.25) is 18.6 Å². The second kappa shape index (κ2) is 36.8. The molecule has 1 rings (SSSR count). The van der Waals surface area contributed by atoms with Gasteiger partial charge >= 0.3 is 19.8 Å². The number of carbonyl (C=O) groups is 2. The molecular weight excluding hydrogens is 791 g/mol. The molecule has 0 aliphatic heterocycles. The molecule has 352 valence electrons.